The number of carbonyl (C=O) groups is 1. The van der Waals surface area contributed by atoms with E-state index >= 15 is 0 Å². The third-order valence-corrected chi connectivity index (χ3v) is 4.78. The molecule has 0 spiro atoms. The van der Waals surface area contributed by atoms with Crippen LogP contribution >= 0.6 is 11.6 Å². The summed E-state index contributed by atoms with van der Waals surface area (Å²) in [7, 11) is 1.60. The lowest BCUT2D eigenvalue weighted by Crippen LogP contribution is -2.28. The fraction of sp³-hybridized carbons (Fsp3) is 0.0952. The summed E-state index contributed by atoms with van der Waals surface area (Å²) in [6.45, 7) is -0.135. The molecule has 0 atom stereocenters. The molecule has 0 aliphatic rings. The van der Waals surface area contributed by atoms with Gasteiger partial charge in [0, 0.05) is 18.0 Å². The Hall–Kier alpha value is -3.58. The number of rotatable bonds is 5. The second-order valence-electron chi connectivity index (χ2n) is 6.35. The van der Waals surface area contributed by atoms with E-state index in [0.29, 0.717) is 21.9 Å². The summed E-state index contributed by atoms with van der Waals surface area (Å²) >= 11 is 6.06. The predicted octanol–water partition coefficient (Wildman–Crippen LogP) is 3.46. The van der Waals surface area contributed by atoms with Crippen LogP contribution in [0.15, 0.2) is 71.8 Å². The number of ether oxygens (including phenoxy) is 1. The van der Waals surface area contributed by atoms with Gasteiger partial charge in [0.1, 0.15) is 17.8 Å². The summed E-state index contributed by atoms with van der Waals surface area (Å²) in [4.78, 5) is 25.2. The molecule has 2 aromatic heterocycles. The molecule has 0 aliphatic carbocycles. The molecule has 1 amide bonds. The molecular weight excluding hydrogens is 392 g/mol. The topological polar surface area (TPSA) is 77.6 Å². The molecule has 0 unspecified atom stereocenters. The van der Waals surface area contributed by atoms with Crippen molar-refractivity contribution in [1.29, 1.82) is 0 Å². The molecule has 8 heteroatoms. The van der Waals surface area contributed by atoms with Gasteiger partial charge in [0.05, 0.1) is 23.5 Å². The van der Waals surface area contributed by atoms with Crippen molar-refractivity contribution < 1.29 is 9.53 Å². The lowest BCUT2D eigenvalue weighted by Gasteiger charge is -2.08. The van der Waals surface area contributed by atoms with Crippen molar-refractivity contribution in [3.8, 4) is 17.0 Å². The predicted molar refractivity (Wildman–Crippen MR) is 112 cm³/mol. The van der Waals surface area contributed by atoms with E-state index in [2.05, 4.69) is 10.4 Å². The van der Waals surface area contributed by atoms with Gasteiger partial charge < -0.3 is 14.6 Å². The van der Waals surface area contributed by atoms with Crippen LogP contribution in [0.25, 0.3) is 16.8 Å². The van der Waals surface area contributed by atoms with Gasteiger partial charge in [-0.25, -0.2) is 4.52 Å². The number of amides is 1. The zero-order valence-corrected chi connectivity index (χ0v) is 16.3. The van der Waals surface area contributed by atoms with Crippen molar-refractivity contribution in [2.75, 3.05) is 12.4 Å². The third-order valence-electron chi connectivity index (χ3n) is 4.45. The van der Waals surface area contributed by atoms with Crippen LogP contribution < -0.4 is 15.6 Å². The van der Waals surface area contributed by atoms with Crippen LogP contribution in [0, 0.1) is 0 Å². The van der Waals surface area contributed by atoms with E-state index in [1.54, 1.807) is 43.6 Å². The first kappa shape index (κ1) is 18.8. The minimum Gasteiger partial charge on any atom is -0.497 e. The molecule has 0 bridgehead atoms. The molecule has 1 N–H and O–H groups in total. The molecule has 4 rings (SSSR count). The highest BCUT2D eigenvalue weighted by molar-refractivity contribution is 6.33. The maximum atomic E-state index is 12.8. The quantitative estimate of drug-likeness (QED) is 0.548. The van der Waals surface area contributed by atoms with Gasteiger partial charge in [-0.15, -0.1) is 0 Å². The van der Waals surface area contributed by atoms with E-state index in [-0.39, 0.29) is 18.0 Å². The summed E-state index contributed by atoms with van der Waals surface area (Å²) in [5, 5.41) is 7.59. The van der Waals surface area contributed by atoms with Gasteiger partial charge in [-0.2, -0.15) is 5.10 Å². The van der Waals surface area contributed by atoms with Crippen molar-refractivity contribution in [2.45, 2.75) is 6.54 Å². The summed E-state index contributed by atoms with van der Waals surface area (Å²) < 4.78 is 8.00. The Morgan fingerprint density at radius 3 is 2.62 bits per heavy atom. The zero-order valence-electron chi connectivity index (χ0n) is 15.5. The number of aromatic nitrogens is 3. The molecule has 0 aliphatic heterocycles. The lowest BCUT2D eigenvalue weighted by molar-refractivity contribution is -0.116. The maximum absolute atomic E-state index is 12.8. The second kappa shape index (κ2) is 7.81. The molecule has 0 saturated heterocycles. The number of halogens is 1. The largest absolute Gasteiger partial charge is 0.497 e. The number of benzene rings is 2. The minimum atomic E-state index is -0.348. The molecular formula is C21H17ClN4O3. The molecule has 4 aromatic rings. The average Bonchev–Trinajstić information content (AvgIpc) is 3.17. The highest BCUT2D eigenvalue weighted by Gasteiger charge is 2.12. The number of fused-ring (bicyclic) bond motifs is 1. The van der Waals surface area contributed by atoms with Crippen molar-refractivity contribution >= 4 is 28.7 Å². The van der Waals surface area contributed by atoms with Crippen LogP contribution in [0.3, 0.4) is 0 Å². The van der Waals surface area contributed by atoms with E-state index in [0.717, 1.165) is 11.3 Å². The number of nitrogens with zero attached hydrogens (tertiary/aromatic N) is 3. The van der Waals surface area contributed by atoms with Crippen LogP contribution in [0.2, 0.25) is 5.02 Å². The highest BCUT2D eigenvalue weighted by Crippen LogP contribution is 2.22. The smallest absolute Gasteiger partial charge is 0.277 e. The number of methoxy groups -OCH3 is 1. The summed E-state index contributed by atoms with van der Waals surface area (Å²) in [5.41, 5.74) is 2.08. The van der Waals surface area contributed by atoms with Crippen LogP contribution in [-0.4, -0.2) is 27.2 Å². The Kier molecular flexibility index (Phi) is 5.05. The second-order valence-corrected chi connectivity index (χ2v) is 6.75. The van der Waals surface area contributed by atoms with Crippen LogP contribution in [0.4, 0.5) is 5.69 Å². The van der Waals surface area contributed by atoms with E-state index < -0.39 is 0 Å². The molecule has 0 radical (unpaired) electrons. The number of nitrogens with one attached hydrogen (secondary N) is 1. The Bertz CT molecular complexity index is 1250. The zero-order chi connectivity index (χ0) is 20.4. The van der Waals surface area contributed by atoms with E-state index in [4.69, 9.17) is 16.3 Å². The molecule has 2 heterocycles. The molecule has 2 aromatic carbocycles. The van der Waals surface area contributed by atoms with E-state index in [1.165, 1.54) is 15.3 Å². The Labute approximate surface area is 171 Å². The van der Waals surface area contributed by atoms with Crippen molar-refractivity contribution in [3.63, 3.8) is 0 Å². The number of anilines is 1. The number of para-hydroxylation sites is 1. The Morgan fingerprint density at radius 1 is 1.14 bits per heavy atom. The molecule has 0 saturated carbocycles. The Balaban J connectivity index is 1.59. The van der Waals surface area contributed by atoms with Gasteiger partial charge in [-0.3, -0.25) is 9.59 Å². The molecule has 0 fully saturated rings. The van der Waals surface area contributed by atoms with Crippen molar-refractivity contribution in [1.82, 2.24) is 14.2 Å². The standard InChI is InChI=1S/C21H17ClN4O3/c1-29-15-8-6-14(7-9-15)18-12-19-21(28)25(10-11-26(19)24-18)13-20(27)23-17-5-3-2-4-16(17)22/h2-12H,13H2,1H3,(H,23,27). The first-order valence-corrected chi connectivity index (χ1v) is 9.20. The first-order valence-electron chi connectivity index (χ1n) is 8.83. The first-order chi connectivity index (χ1) is 14.0. The maximum Gasteiger partial charge on any atom is 0.277 e. The van der Waals surface area contributed by atoms with Gasteiger partial charge in [0.25, 0.3) is 5.56 Å². The lowest BCUT2D eigenvalue weighted by atomic mass is 10.1. The van der Waals surface area contributed by atoms with Gasteiger partial charge in [-0.05, 0) is 42.5 Å². The van der Waals surface area contributed by atoms with Gasteiger partial charge in [-0.1, -0.05) is 23.7 Å². The van der Waals surface area contributed by atoms with E-state index in [9.17, 15) is 9.59 Å². The van der Waals surface area contributed by atoms with Crippen LogP contribution in [-0.2, 0) is 11.3 Å². The minimum absolute atomic E-state index is 0.135. The number of hydrogen-bond donors (Lipinski definition) is 1. The normalized spacial score (nSPS) is 10.8. The Morgan fingerprint density at radius 2 is 1.90 bits per heavy atom. The third kappa shape index (κ3) is 3.86. The van der Waals surface area contributed by atoms with Gasteiger partial charge in [0.15, 0.2) is 0 Å². The number of hydrogen-bond acceptors (Lipinski definition) is 4. The SMILES string of the molecule is COc1ccc(-c2cc3c(=O)n(CC(=O)Nc4ccccc4Cl)ccn3n2)cc1. The molecule has 7 nitrogen and oxygen atoms in total. The van der Waals surface area contributed by atoms with Gasteiger partial charge >= 0.3 is 0 Å². The molecule has 146 valence electrons. The summed E-state index contributed by atoms with van der Waals surface area (Å²) in [5.74, 6) is 0.392. The summed E-state index contributed by atoms with van der Waals surface area (Å²) in [6, 6.07) is 16.0. The fourth-order valence-corrected chi connectivity index (χ4v) is 3.14. The monoisotopic (exact) mass is 408 g/mol. The highest BCUT2D eigenvalue weighted by atomic mass is 35.5. The van der Waals surface area contributed by atoms with Crippen LogP contribution in [0.5, 0.6) is 5.75 Å². The average molecular weight is 409 g/mol. The summed E-state index contributed by atoms with van der Waals surface area (Å²) in [6.07, 6.45) is 3.18. The van der Waals surface area contributed by atoms with Crippen molar-refractivity contribution in [3.05, 3.63) is 82.4 Å². The van der Waals surface area contributed by atoms with Gasteiger partial charge in [0.2, 0.25) is 5.91 Å². The molecule has 29 heavy (non-hydrogen) atoms. The van der Waals surface area contributed by atoms with E-state index in [1.807, 2.05) is 24.3 Å². The fourth-order valence-electron chi connectivity index (χ4n) is 2.96. The van der Waals surface area contributed by atoms with Crippen molar-refractivity contribution in [2.24, 2.45) is 0 Å². The van der Waals surface area contributed by atoms with Crippen LogP contribution in [0.1, 0.15) is 0 Å². The number of carbonyl (C=O) groups excluding carboxylic acids is 1.